The summed E-state index contributed by atoms with van der Waals surface area (Å²) in [4.78, 5) is 26.1. The molecule has 1 aliphatic rings. The lowest BCUT2D eigenvalue weighted by molar-refractivity contribution is -0.385. The number of carbonyl (C=O) groups is 1. The summed E-state index contributed by atoms with van der Waals surface area (Å²) < 4.78 is 0.383. The first-order chi connectivity index (χ1) is 8.49. The number of hydrogen-bond acceptors (Lipinski definition) is 5. The highest BCUT2D eigenvalue weighted by Gasteiger charge is 2.22. The van der Waals surface area contributed by atoms with E-state index in [1.54, 1.807) is 19.1 Å². The molecular weight excluding hydrogens is 304 g/mol. The van der Waals surface area contributed by atoms with Gasteiger partial charge in [-0.25, -0.2) is 4.79 Å². The van der Waals surface area contributed by atoms with Gasteiger partial charge in [-0.15, -0.1) is 0 Å². The second-order valence-electron chi connectivity index (χ2n) is 3.58. The van der Waals surface area contributed by atoms with E-state index in [4.69, 9.17) is 0 Å². The van der Waals surface area contributed by atoms with Crippen LogP contribution in [-0.4, -0.2) is 16.6 Å². The van der Waals surface area contributed by atoms with Gasteiger partial charge in [-0.05, 0) is 40.6 Å². The van der Waals surface area contributed by atoms with Crippen LogP contribution in [0.4, 0.5) is 5.69 Å². The van der Waals surface area contributed by atoms with Crippen LogP contribution in [0.25, 0.3) is 6.08 Å². The monoisotopic (exact) mass is 310 g/mol. The maximum Gasteiger partial charge on any atom is 0.367 e. The molecule has 92 valence electrons. The molecule has 6 nitrogen and oxygen atoms in total. The van der Waals surface area contributed by atoms with E-state index >= 15 is 0 Å². The van der Waals surface area contributed by atoms with E-state index in [9.17, 15) is 14.9 Å². The van der Waals surface area contributed by atoms with Crippen molar-refractivity contribution in [1.29, 1.82) is 0 Å². The molecule has 7 heteroatoms. The predicted molar refractivity (Wildman–Crippen MR) is 68.0 cm³/mol. The normalized spacial score (nSPS) is 16.7. The Morgan fingerprint density at radius 2 is 2.22 bits per heavy atom. The number of benzene rings is 1. The standard InChI is InChI=1S/C11H7BrN2O4/c1-6-8(11(15)18-13-6)4-7-2-3-9(12)10(5-7)14(16)17/h2-5H,1H3/b8-4-. The van der Waals surface area contributed by atoms with E-state index < -0.39 is 10.9 Å². The van der Waals surface area contributed by atoms with Gasteiger partial charge in [0, 0.05) is 6.07 Å². The fourth-order valence-corrected chi connectivity index (χ4v) is 1.84. The van der Waals surface area contributed by atoms with Crippen LogP contribution in [0.15, 0.2) is 33.4 Å². The largest absolute Gasteiger partial charge is 0.367 e. The zero-order valence-corrected chi connectivity index (χ0v) is 10.8. The molecule has 0 radical (unpaired) electrons. The lowest BCUT2D eigenvalue weighted by Gasteiger charge is -1.98. The molecule has 1 aromatic rings. The van der Waals surface area contributed by atoms with Crippen LogP contribution in [0.5, 0.6) is 0 Å². The first kappa shape index (κ1) is 12.4. The smallest absolute Gasteiger partial charge is 0.312 e. The molecule has 0 bridgehead atoms. The fraction of sp³-hybridized carbons (Fsp3) is 0.0909. The van der Waals surface area contributed by atoms with Gasteiger partial charge in [0.2, 0.25) is 0 Å². The van der Waals surface area contributed by atoms with Crippen LogP contribution in [0.1, 0.15) is 12.5 Å². The van der Waals surface area contributed by atoms with Gasteiger partial charge in [-0.2, -0.15) is 0 Å². The zero-order chi connectivity index (χ0) is 13.3. The first-order valence-corrected chi connectivity index (χ1v) is 5.70. The quantitative estimate of drug-likeness (QED) is 0.364. The van der Waals surface area contributed by atoms with Gasteiger partial charge in [-0.1, -0.05) is 11.2 Å². The molecule has 0 saturated heterocycles. The molecule has 18 heavy (non-hydrogen) atoms. The summed E-state index contributed by atoms with van der Waals surface area (Å²) in [5.74, 6) is -0.557. The number of nitro benzene ring substituents is 1. The molecule has 0 aromatic heterocycles. The Morgan fingerprint density at radius 1 is 1.50 bits per heavy atom. The van der Waals surface area contributed by atoms with E-state index in [0.29, 0.717) is 21.3 Å². The van der Waals surface area contributed by atoms with Crippen LogP contribution in [0, 0.1) is 10.1 Å². The third-order valence-electron chi connectivity index (χ3n) is 2.35. The summed E-state index contributed by atoms with van der Waals surface area (Å²) in [5, 5.41) is 14.3. The Labute approximate surface area is 110 Å². The molecule has 2 rings (SSSR count). The van der Waals surface area contributed by atoms with Crippen molar-refractivity contribution in [3.8, 4) is 0 Å². The van der Waals surface area contributed by atoms with Crippen LogP contribution in [0.3, 0.4) is 0 Å². The molecular formula is C11H7BrN2O4. The number of oxime groups is 1. The van der Waals surface area contributed by atoms with E-state index in [0.717, 1.165) is 0 Å². The van der Waals surface area contributed by atoms with E-state index in [-0.39, 0.29) is 5.69 Å². The minimum atomic E-state index is -0.557. The van der Waals surface area contributed by atoms with Crippen molar-refractivity contribution < 1.29 is 14.6 Å². The second kappa shape index (κ2) is 4.69. The SMILES string of the molecule is CC1=NOC(=O)/C1=C\c1ccc(Br)c([N+](=O)[O-])c1. The number of rotatable bonds is 2. The minimum Gasteiger partial charge on any atom is -0.312 e. The lowest BCUT2D eigenvalue weighted by atomic mass is 10.1. The maximum absolute atomic E-state index is 11.3. The Hall–Kier alpha value is -2.02. The number of nitrogens with zero attached hydrogens (tertiary/aromatic N) is 2. The molecule has 0 aliphatic carbocycles. The first-order valence-electron chi connectivity index (χ1n) is 4.91. The molecule has 0 amide bonds. The highest BCUT2D eigenvalue weighted by atomic mass is 79.9. The molecule has 0 atom stereocenters. The summed E-state index contributed by atoms with van der Waals surface area (Å²) in [6.07, 6.45) is 1.51. The van der Waals surface area contributed by atoms with Gasteiger partial charge in [0.25, 0.3) is 5.69 Å². The summed E-state index contributed by atoms with van der Waals surface area (Å²) in [6, 6.07) is 4.58. The Balaban J connectivity index is 2.44. The summed E-state index contributed by atoms with van der Waals surface area (Å²) in [6.45, 7) is 1.63. The Morgan fingerprint density at radius 3 is 2.78 bits per heavy atom. The van der Waals surface area contributed by atoms with Gasteiger partial charge in [-0.3, -0.25) is 10.1 Å². The van der Waals surface area contributed by atoms with Crippen molar-refractivity contribution in [1.82, 2.24) is 0 Å². The van der Waals surface area contributed by atoms with E-state index in [2.05, 4.69) is 25.9 Å². The topological polar surface area (TPSA) is 81.8 Å². The van der Waals surface area contributed by atoms with Crippen molar-refractivity contribution in [3.05, 3.63) is 43.9 Å². The Kier molecular flexibility index (Phi) is 3.24. The second-order valence-corrected chi connectivity index (χ2v) is 4.44. The molecule has 1 aliphatic heterocycles. The van der Waals surface area contributed by atoms with Crippen LogP contribution in [0.2, 0.25) is 0 Å². The van der Waals surface area contributed by atoms with Crippen molar-refractivity contribution in [2.75, 3.05) is 0 Å². The lowest BCUT2D eigenvalue weighted by Crippen LogP contribution is -2.01. The van der Waals surface area contributed by atoms with Crippen molar-refractivity contribution in [3.63, 3.8) is 0 Å². The zero-order valence-electron chi connectivity index (χ0n) is 9.21. The van der Waals surface area contributed by atoms with E-state index in [1.807, 2.05) is 0 Å². The van der Waals surface area contributed by atoms with Crippen molar-refractivity contribution in [2.45, 2.75) is 6.92 Å². The summed E-state index contributed by atoms with van der Waals surface area (Å²) in [5.41, 5.74) is 1.22. The molecule has 0 unspecified atom stereocenters. The molecule has 0 N–H and O–H groups in total. The minimum absolute atomic E-state index is 0.0645. The molecule has 0 spiro atoms. The van der Waals surface area contributed by atoms with E-state index in [1.165, 1.54) is 12.1 Å². The van der Waals surface area contributed by atoms with Gasteiger partial charge < -0.3 is 4.84 Å². The molecule has 0 fully saturated rings. The summed E-state index contributed by atoms with van der Waals surface area (Å²) >= 11 is 3.09. The van der Waals surface area contributed by atoms with Crippen molar-refractivity contribution >= 4 is 39.4 Å². The van der Waals surface area contributed by atoms with Gasteiger partial charge >= 0.3 is 5.97 Å². The van der Waals surface area contributed by atoms with Crippen LogP contribution >= 0.6 is 15.9 Å². The third kappa shape index (κ3) is 2.30. The average molecular weight is 311 g/mol. The number of carbonyl (C=O) groups excluding carboxylic acids is 1. The fourth-order valence-electron chi connectivity index (χ4n) is 1.45. The average Bonchev–Trinajstić information content (AvgIpc) is 2.63. The van der Waals surface area contributed by atoms with Gasteiger partial charge in [0.1, 0.15) is 0 Å². The maximum atomic E-state index is 11.3. The summed E-state index contributed by atoms with van der Waals surface area (Å²) in [7, 11) is 0. The predicted octanol–water partition coefficient (Wildman–Crippen LogP) is 2.67. The number of hydrogen-bond donors (Lipinski definition) is 0. The highest BCUT2D eigenvalue weighted by molar-refractivity contribution is 9.10. The van der Waals surface area contributed by atoms with Crippen LogP contribution < -0.4 is 0 Å². The molecule has 1 aromatic carbocycles. The highest BCUT2D eigenvalue weighted by Crippen LogP contribution is 2.27. The number of halogens is 1. The van der Waals surface area contributed by atoms with Crippen molar-refractivity contribution in [2.24, 2.45) is 5.16 Å². The third-order valence-corrected chi connectivity index (χ3v) is 3.02. The molecule has 0 saturated carbocycles. The Bertz CT molecular complexity index is 607. The van der Waals surface area contributed by atoms with Crippen LogP contribution in [-0.2, 0) is 9.63 Å². The van der Waals surface area contributed by atoms with Gasteiger partial charge in [0.05, 0.1) is 20.7 Å². The molecule has 1 heterocycles. The van der Waals surface area contributed by atoms with Gasteiger partial charge in [0.15, 0.2) is 0 Å². The number of nitro groups is 1.